The fraction of sp³-hybridized carbons (Fsp3) is 0.500. The molecular weight excluding hydrogens is 150 g/mol. The van der Waals surface area contributed by atoms with Crippen LogP contribution in [0.1, 0.15) is 11.4 Å². The number of aromatic amines is 1. The number of rotatable bonds is 2. The van der Waals surface area contributed by atoms with E-state index in [1.54, 1.807) is 0 Å². The van der Waals surface area contributed by atoms with Crippen LogP contribution < -0.4 is 5.32 Å². The molecule has 4 heteroatoms. The molecule has 0 saturated heterocycles. The van der Waals surface area contributed by atoms with Crippen molar-refractivity contribution in [3.8, 4) is 0 Å². The number of nitrogens with one attached hydrogen (secondary N) is 2. The van der Waals surface area contributed by atoms with Crippen LogP contribution >= 0.6 is 11.6 Å². The number of nitrogens with zero attached hydrogens (tertiary/aromatic N) is 1. The van der Waals surface area contributed by atoms with Gasteiger partial charge in [0, 0.05) is 6.54 Å². The second-order valence-corrected chi connectivity index (χ2v) is 2.52. The highest BCUT2D eigenvalue weighted by molar-refractivity contribution is 6.31. The van der Waals surface area contributed by atoms with Crippen molar-refractivity contribution in [3.05, 3.63) is 16.4 Å². The molecular formula is C6H10ClN3. The Labute approximate surface area is 64.8 Å². The fourth-order valence-corrected chi connectivity index (χ4v) is 0.902. The average molecular weight is 160 g/mol. The largest absolute Gasteiger partial charge is 0.314 e. The van der Waals surface area contributed by atoms with Gasteiger partial charge >= 0.3 is 0 Å². The predicted molar refractivity (Wildman–Crippen MR) is 41.1 cm³/mol. The van der Waals surface area contributed by atoms with Crippen LogP contribution in [0, 0.1) is 6.92 Å². The zero-order chi connectivity index (χ0) is 7.56. The second kappa shape index (κ2) is 3.03. The van der Waals surface area contributed by atoms with Gasteiger partial charge in [-0.15, -0.1) is 0 Å². The average Bonchev–Trinajstić information content (AvgIpc) is 2.20. The van der Waals surface area contributed by atoms with E-state index in [2.05, 4.69) is 15.5 Å². The minimum absolute atomic E-state index is 0.711. The minimum atomic E-state index is 0.711. The lowest BCUT2D eigenvalue weighted by atomic mass is 10.4. The molecule has 1 aromatic heterocycles. The Bertz CT molecular complexity index is 219. The number of aromatic nitrogens is 2. The number of aryl methyl sites for hydroxylation is 1. The molecule has 0 amide bonds. The fourth-order valence-electron chi connectivity index (χ4n) is 0.751. The molecule has 0 aliphatic heterocycles. The predicted octanol–water partition coefficient (Wildman–Crippen LogP) is 1.09. The van der Waals surface area contributed by atoms with Crippen molar-refractivity contribution >= 4 is 11.6 Å². The van der Waals surface area contributed by atoms with Crippen LogP contribution in [0.2, 0.25) is 5.02 Å². The van der Waals surface area contributed by atoms with E-state index in [9.17, 15) is 0 Å². The van der Waals surface area contributed by atoms with Crippen molar-refractivity contribution in [3.63, 3.8) is 0 Å². The lowest BCUT2D eigenvalue weighted by Gasteiger charge is -1.92. The molecule has 0 fully saturated rings. The molecule has 0 radical (unpaired) electrons. The zero-order valence-electron chi connectivity index (χ0n) is 6.03. The van der Waals surface area contributed by atoms with Gasteiger partial charge in [-0.1, -0.05) is 11.6 Å². The first-order chi connectivity index (χ1) is 4.75. The number of hydrogen-bond donors (Lipinski definition) is 2. The summed E-state index contributed by atoms with van der Waals surface area (Å²) in [4.78, 5) is 0. The standard InChI is InChI=1S/C6H10ClN3/c1-4-6(7)5(3-8-2)10-9-4/h8H,3H2,1-2H3,(H,9,10). The topological polar surface area (TPSA) is 40.7 Å². The van der Waals surface area contributed by atoms with Gasteiger partial charge in [-0.2, -0.15) is 5.10 Å². The van der Waals surface area contributed by atoms with Crippen molar-refractivity contribution in [2.75, 3.05) is 7.05 Å². The molecule has 1 rings (SSSR count). The van der Waals surface area contributed by atoms with E-state index in [4.69, 9.17) is 11.6 Å². The summed E-state index contributed by atoms with van der Waals surface area (Å²) in [5.41, 5.74) is 1.80. The first-order valence-electron chi connectivity index (χ1n) is 3.09. The summed E-state index contributed by atoms with van der Waals surface area (Å²) in [6.07, 6.45) is 0. The van der Waals surface area contributed by atoms with Gasteiger partial charge in [-0.05, 0) is 14.0 Å². The van der Waals surface area contributed by atoms with Gasteiger partial charge in [0.1, 0.15) is 0 Å². The molecule has 3 nitrogen and oxygen atoms in total. The zero-order valence-corrected chi connectivity index (χ0v) is 6.79. The monoisotopic (exact) mass is 159 g/mol. The van der Waals surface area contributed by atoms with Crippen LogP contribution in [0.15, 0.2) is 0 Å². The summed E-state index contributed by atoms with van der Waals surface area (Å²) in [5.74, 6) is 0. The van der Waals surface area contributed by atoms with Gasteiger partial charge in [-0.25, -0.2) is 0 Å². The van der Waals surface area contributed by atoms with Crippen molar-refractivity contribution in [2.24, 2.45) is 0 Å². The van der Waals surface area contributed by atoms with Crippen molar-refractivity contribution < 1.29 is 0 Å². The van der Waals surface area contributed by atoms with Gasteiger partial charge < -0.3 is 5.32 Å². The Morgan fingerprint density at radius 1 is 1.70 bits per heavy atom. The molecule has 2 N–H and O–H groups in total. The summed E-state index contributed by atoms with van der Waals surface area (Å²) in [6, 6.07) is 0. The van der Waals surface area contributed by atoms with Crippen LogP contribution in [-0.4, -0.2) is 17.2 Å². The Morgan fingerprint density at radius 3 is 2.80 bits per heavy atom. The summed E-state index contributed by atoms with van der Waals surface area (Å²) in [6.45, 7) is 2.61. The Balaban J connectivity index is 2.83. The third-order valence-electron chi connectivity index (χ3n) is 1.29. The van der Waals surface area contributed by atoms with E-state index in [1.165, 1.54) is 0 Å². The molecule has 0 unspecified atom stereocenters. The van der Waals surface area contributed by atoms with E-state index in [0.29, 0.717) is 6.54 Å². The second-order valence-electron chi connectivity index (χ2n) is 2.14. The van der Waals surface area contributed by atoms with Crippen LogP contribution in [0.25, 0.3) is 0 Å². The summed E-state index contributed by atoms with van der Waals surface area (Å²) in [5, 5.41) is 10.5. The SMILES string of the molecule is CNCc1n[nH]c(C)c1Cl. The Kier molecular flexibility index (Phi) is 2.29. The molecule has 0 atom stereocenters. The highest BCUT2D eigenvalue weighted by Gasteiger charge is 2.04. The van der Waals surface area contributed by atoms with Gasteiger partial charge in [0.25, 0.3) is 0 Å². The minimum Gasteiger partial charge on any atom is -0.314 e. The summed E-state index contributed by atoms with van der Waals surface area (Å²) < 4.78 is 0. The molecule has 56 valence electrons. The van der Waals surface area contributed by atoms with E-state index < -0.39 is 0 Å². The first-order valence-corrected chi connectivity index (χ1v) is 3.47. The normalized spacial score (nSPS) is 10.3. The lowest BCUT2D eigenvalue weighted by molar-refractivity contribution is 0.784. The molecule has 0 spiro atoms. The maximum Gasteiger partial charge on any atom is 0.0948 e. The van der Waals surface area contributed by atoms with Crippen LogP contribution in [0.5, 0.6) is 0 Å². The molecule has 0 saturated carbocycles. The van der Waals surface area contributed by atoms with Crippen LogP contribution in [0.3, 0.4) is 0 Å². The van der Waals surface area contributed by atoms with Crippen molar-refractivity contribution in [1.29, 1.82) is 0 Å². The third-order valence-corrected chi connectivity index (χ3v) is 1.79. The van der Waals surface area contributed by atoms with Gasteiger partial charge in [0.05, 0.1) is 16.4 Å². The molecule has 0 aromatic carbocycles. The van der Waals surface area contributed by atoms with E-state index in [-0.39, 0.29) is 0 Å². The highest BCUT2D eigenvalue weighted by Crippen LogP contribution is 2.16. The van der Waals surface area contributed by atoms with E-state index >= 15 is 0 Å². The quantitative estimate of drug-likeness (QED) is 0.679. The van der Waals surface area contributed by atoms with Gasteiger partial charge in [0.2, 0.25) is 0 Å². The molecule has 0 aliphatic rings. The molecule has 1 aromatic rings. The summed E-state index contributed by atoms with van der Waals surface area (Å²) >= 11 is 5.85. The smallest absolute Gasteiger partial charge is 0.0948 e. The van der Waals surface area contributed by atoms with Crippen LogP contribution in [0.4, 0.5) is 0 Å². The van der Waals surface area contributed by atoms with Gasteiger partial charge in [0.15, 0.2) is 0 Å². The molecule has 0 bridgehead atoms. The van der Waals surface area contributed by atoms with E-state index in [0.717, 1.165) is 16.4 Å². The number of hydrogen-bond acceptors (Lipinski definition) is 2. The molecule has 10 heavy (non-hydrogen) atoms. The van der Waals surface area contributed by atoms with Crippen molar-refractivity contribution in [2.45, 2.75) is 13.5 Å². The van der Waals surface area contributed by atoms with Crippen molar-refractivity contribution in [1.82, 2.24) is 15.5 Å². The Hall–Kier alpha value is -0.540. The lowest BCUT2D eigenvalue weighted by Crippen LogP contribution is -2.05. The maximum absolute atomic E-state index is 5.85. The molecule has 1 heterocycles. The van der Waals surface area contributed by atoms with E-state index in [1.807, 2.05) is 14.0 Å². The highest BCUT2D eigenvalue weighted by atomic mass is 35.5. The maximum atomic E-state index is 5.85. The summed E-state index contributed by atoms with van der Waals surface area (Å²) in [7, 11) is 1.86. The first kappa shape index (κ1) is 7.57. The van der Waals surface area contributed by atoms with Gasteiger partial charge in [-0.3, -0.25) is 5.10 Å². The Morgan fingerprint density at radius 2 is 2.40 bits per heavy atom. The number of halogens is 1. The third kappa shape index (κ3) is 1.30. The van der Waals surface area contributed by atoms with Crippen LogP contribution in [-0.2, 0) is 6.54 Å². The number of H-pyrrole nitrogens is 1. The molecule has 0 aliphatic carbocycles.